The highest BCUT2D eigenvalue weighted by Gasteiger charge is 2.16. The minimum absolute atomic E-state index is 0. The number of aliphatic imine (C=N–C) groups is 1. The van der Waals surface area contributed by atoms with Gasteiger partial charge in [0, 0.05) is 25.4 Å². The van der Waals surface area contributed by atoms with Crippen LogP contribution in [0.15, 0.2) is 23.2 Å². The van der Waals surface area contributed by atoms with Crippen LogP contribution in [0, 0.1) is 0 Å². The second kappa shape index (κ2) is 8.71. The highest BCUT2D eigenvalue weighted by Crippen LogP contribution is 2.32. The second-order valence-corrected chi connectivity index (χ2v) is 6.54. The molecule has 1 atom stereocenters. The van der Waals surface area contributed by atoms with Crippen LogP contribution in [-0.4, -0.2) is 37.3 Å². The Bertz CT molecular complexity index is 522. The van der Waals surface area contributed by atoms with Crippen LogP contribution in [-0.2, 0) is 6.54 Å². The van der Waals surface area contributed by atoms with E-state index in [9.17, 15) is 0 Å². The van der Waals surface area contributed by atoms with Crippen LogP contribution in [0.2, 0.25) is 0 Å². The first kappa shape index (κ1) is 17.5. The van der Waals surface area contributed by atoms with Crippen molar-refractivity contribution in [2.24, 2.45) is 4.99 Å². The molecule has 0 amide bonds. The van der Waals surface area contributed by atoms with Crippen LogP contribution >= 0.6 is 35.7 Å². The lowest BCUT2D eigenvalue weighted by atomic mass is 10.2. The Morgan fingerprint density at radius 1 is 1.32 bits per heavy atom. The molecule has 7 heteroatoms. The number of benzene rings is 1. The maximum absolute atomic E-state index is 5.39. The first-order valence-electron chi connectivity index (χ1n) is 7.30. The van der Waals surface area contributed by atoms with Crippen molar-refractivity contribution in [2.75, 3.05) is 26.1 Å². The molecule has 1 saturated heterocycles. The van der Waals surface area contributed by atoms with Gasteiger partial charge in [0.1, 0.15) is 0 Å². The second-order valence-electron chi connectivity index (χ2n) is 5.13. The lowest BCUT2D eigenvalue weighted by Gasteiger charge is -2.15. The summed E-state index contributed by atoms with van der Waals surface area (Å²) in [5.41, 5.74) is 1.15. The Labute approximate surface area is 152 Å². The molecular formula is C15H22IN3O2S. The van der Waals surface area contributed by atoms with E-state index in [2.05, 4.69) is 15.6 Å². The largest absolute Gasteiger partial charge is 0.454 e. The molecule has 1 fully saturated rings. The van der Waals surface area contributed by atoms with Gasteiger partial charge in [-0.05, 0) is 36.3 Å². The van der Waals surface area contributed by atoms with E-state index in [4.69, 9.17) is 9.47 Å². The van der Waals surface area contributed by atoms with Crippen molar-refractivity contribution in [3.63, 3.8) is 0 Å². The molecule has 2 aliphatic heterocycles. The van der Waals surface area contributed by atoms with E-state index in [0.29, 0.717) is 18.6 Å². The number of thioether (sulfide) groups is 1. The molecule has 5 nitrogen and oxygen atoms in total. The molecule has 2 heterocycles. The van der Waals surface area contributed by atoms with Crippen molar-refractivity contribution in [3.05, 3.63) is 23.8 Å². The van der Waals surface area contributed by atoms with E-state index in [1.54, 1.807) is 7.05 Å². The summed E-state index contributed by atoms with van der Waals surface area (Å²) in [6.45, 7) is 2.01. The van der Waals surface area contributed by atoms with Crippen molar-refractivity contribution < 1.29 is 9.47 Å². The molecule has 0 aliphatic carbocycles. The molecule has 2 N–H and O–H groups in total. The lowest BCUT2D eigenvalue weighted by molar-refractivity contribution is 0.174. The van der Waals surface area contributed by atoms with Gasteiger partial charge in [-0.15, -0.1) is 24.0 Å². The molecule has 0 aromatic heterocycles. The third kappa shape index (κ3) is 4.58. The first-order valence-corrected chi connectivity index (χ1v) is 8.34. The first-order chi connectivity index (χ1) is 10.3. The van der Waals surface area contributed by atoms with Gasteiger partial charge >= 0.3 is 0 Å². The Morgan fingerprint density at radius 3 is 2.95 bits per heavy atom. The maximum atomic E-state index is 5.39. The van der Waals surface area contributed by atoms with Gasteiger partial charge in [-0.25, -0.2) is 0 Å². The highest BCUT2D eigenvalue weighted by molar-refractivity contribution is 14.0. The molecule has 0 saturated carbocycles. The van der Waals surface area contributed by atoms with E-state index in [1.165, 1.54) is 18.6 Å². The van der Waals surface area contributed by atoms with E-state index in [1.807, 2.05) is 30.0 Å². The number of ether oxygens (including phenoxy) is 2. The zero-order valence-electron chi connectivity index (χ0n) is 12.6. The Hall–Kier alpha value is -0.830. The fourth-order valence-corrected chi connectivity index (χ4v) is 3.67. The van der Waals surface area contributed by atoms with Gasteiger partial charge in [-0.3, -0.25) is 4.99 Å². The SMILES string of the molecule is CN=C(NCc1ccc2c(c1)OCO2)NCC1CCCS1.I. The number of hydrogen-bond acceptors (Lipinski definition) is 4. The number of hydrogen-bond donors (Lipinski definition) is 2. The smallest absolute Gasteiger partial charge is 0.231 e. The number of nitrogens with one attached hydrogen (secondary N) is 2. The summed E-state index contributed by atoms with van der Waals surface area (Å²) in [6.07, 6.45) is 2.64. The van der Waals surface area contributed by atoms with Gasteiger partial charge in [0.05, 0.1) is 0 Å². The van der Waals surface area contributed by atoms with E-state index < -0.39 is 0 Å². The zero-order chi connectivity index (χ0) is 14.5. The number of guanidine groups is 1. The van der Waals surface area contributed by atoms with Crippen molar-refractivity contribution in [1.82, 2.24) is 10.6 Å². The molecule has 122 valence electrons. The number of rotatable bonds is 4. The maximum Gasteiger partial charge on any atom is 0.231 e. The zero-order valence-corrected chi connectivity index (χ0v) is 15.8. The summed E-state index contributed by atoms with van der Waals surface area (Å²) in [6, 6.07) is 6.00. The molecule has 1 aromatic carbocycles. The monoisotopic (exact) mass is 435 g/mol. The quantitative estimate of drug-likeness (QED) is 0.433. The average molecular weight is 435 g/mol. The molecule has 0 radical (unpaired) electrons. The van der Waals surface area contributed by atoms with Crippen LogP contribution in [0.4, 0.5) is 0 Å². The van der Waals surface area contributed by atoms with Gasteiger partial charge in [-0.1, -0.05) is 6.07 Å². The minimum Gasteiger partial charge on any atom is -0.454 e. The Morgan fingerprint density at radius 2 is 2.18 bits per heavy atom. The van der Waals surface area contributed by atoms with Crippen LogP contribution in [0.3, 0.4) is 0 Å². The van der Waals surface area contributed by atoms with Crippen molar-refractivity contribution >= 4 is 41.7 Å². The molecule has 3 rings (SSSR count). The average Bonchev–Trinajstić information content (AvgIpc) is 3.18. The van der Waals surface area contributed by atoms with Crippen LogP contribution in [0.1, 0.15) is 18.4 Å². The van der Waals surface area contributed by atoms with E-state index in [-0.39, 0.29) is 24.0 Å². The standard InChI is InChI=1S/C15H21N3O2S.HI/c1-16-15(18-9-12-3-2-6-21-12)17-8-11-4-5-13-14(7-11)20-10-19-13;/h4-5,7,12H,2-3,6,8-10H2,1H3,(H2,16,17,18);1H. The fraction of sp³-hybridized carbons (Fsp3) is 0.533. The van der Waals surface area contributed by atoms with Gasteiger partial charge in [0.2, 0.25) is 6.79 Å². The molecule has 2 aliphatic rings. The predicted octanol–water partition coefficient (Wildman–Crippen LogP) is 2.59. The van der Waals surface area contributed by atoms with Gasteiger partial charge in [0.15, 0.2) is 17.5 Å². The van der Waals surface area contributed by atoms with Crippen molar-refractivity contribution in [3.8, 4) is 11.5 Å². The highest BCUT2D eigenvalue weighted by atomic mass is 127. The van der Waals surface area contributed by atoms with Gasteiger partial charge in [0.25, 0.3) is 0 Å². The summed E-state index contributed by atoms with van der Waals surface area (Å²) in [7, 11) is 1.80. The molecule has 0 bridgehead atoms. The Kier molecular flexibility index (Phi) is 6.94. The summed E-state index contributed by atoms with van der Waals surface area (Å²) >= 11 is 2.05. The lowest BCUT2D eigenvalue weighted by Crippen LogP contribution is -2.39. The molecular weight excluding hydrogens is 413 g/mol. The summed E-state index contributed by atoms with van der Waals surface area (Å²) in [5.74, 6) is 3.77. The van der Waals surface area contributed by atoms with Crippen LogP contribution in [0.25, 0.3) is 0 Å². The van der Waals surface area contributed by atoms with E-state index >= 15 is 0 Å². The van der Waals surface area contributed by atoms with Gasteiger partial charge in [-0.2, -0.15) is 11.8 Å². The van der Waals surface area contributed by atoms with Gasteiger partial charge < -0.3 is 20.1 Å². The molecule has 22 heavy (non-hydrogen) atoms. The number of fused-ring (bicyclic) bond motifs is 1. The van der Waals surface area contributed by atoms with Crippen LogP contribution < -0.4 is 20.1 Å². The summed E-state index contributed by atoms with van der Waals surface area (Å²) in [4.78, 5) is 4.27. The third-order valence-corrected chi connectivity index (χ3v) is 5.04. The number of halogens is 1. The Balaban J connectivity index is 0.00000176. The van der Waals surface area contributed by atoms with Crippen LogP contribution in [0.5, 0.6) is 11.5 Å². The molecule has 1 aromatic rings. The van der Waals surface area contributed by atoms with Crippen molar-refractivity contribution in [2.45, 2.75) is 24.6 Å². The molecule has 1 unspecified atom stereocenters. The predicted molar refractivity (Wildman–Crippen MR) is 102 cm³/mol. The minimum atomic E-state index is 0. The molecule has 0 spiro atoms. The summed E-state index contributed by atoms with van der Waals surface area (Å²) in [5, 5.41) is 7.45. The van der Waals surface area contributed by atoms with E-state index in [0.717, 1.165) is 29.6 Å². The topological polar surface area (TPSA) is 54.9 Å². The van der Waals surface area contributed by atoms with Crippen molar-refractivity contribution in [1.29, 1.82) is 0 Å². The summed E-state index contributed by atoms with van der Waals surface area (Å²) < 4.78 is 10.7. The fourth-order valence-electron chi connectivity index (χ4n) is 2.47. The third-order valence-electron chi connectivity index (χ3n) is 3.64. The normalized spacial score (nSPS) is 19.7. The number of nitrogens with zero attached hydrogens (tertiary/aromatic N) is 1.